The van der Waals surface area contributed by atoms with Gasteiger partial charge in [0.15, 0.2) is 15.2 Å². The molecular formula is C36H40N6O16S2. The standard InChI is InChI=1S/C23H27N5O7S.C13H13NO9S/c1-4-26-10-11-27(19(32)18(26)31)22(35)25-13(12-8-6-5-7-9-12)16(29)24-14-17(30)28-15(21(33)34)23(2,3)36-20(14)28;1-6(15)23-4-7-5-24(20,21)12-8(3-9(16)22-2)11(17)14(12)10(7)13(18)19/h5-9,13-15,20H,4,10-11H2,1-3H3,(H,24,29)(H,25,35)(H,33,34);3,12H,4-5H2,1-2H3,(H,18,19)/b;8-3-/t13?,14-,15+,20-;12-/m01/s1. The van der Waals surface area contributed by atoms with E-state index in [9.17, 15) is 66.6 Å². The summed E-state index contributed by atoms with van der Waals surface area (Å²) in [4.78, 5) is 125. The SMILES string of the molecule is CCN1CCN(C(=O)NC(C(=O)N[C@H]2C(=O)N3[C@H]2SC(C)(C)[C@H]3C(=O)O)c2ccccc2)C(=O)C1=O.COC(=O)/C=C1/C(=O)N2C(C(=O)O)=C(COC(C)=O)CS(=O)(=O)[C@H]12. The number of methoxy groups -OCH3 is 1. The van der Waals surface area contributed by atoms with Gasteiger partial charge in [0.1, 0.15) is 35.8 Å². The Morgan fingerprint density at radius 2 is 1.65 bits per heavy atom. The fourth-order valence-corrected chi connectivity index (χ4v) is 10.7. The number of amides is 7. The molecular weight excluding hydrogens is 837 g/mol. The van der Waals surface area contributed by atoms with Gasteiger partial charge in [0.05, 0.1) is 18.4 Å². The second kappa shape index (κ2) is 17.1. The van der Waals surface area contributed by atoms with E-state index >= 15 is 0 Å². The van der Waals surface area contributed by atoms with Gasteiger partial charge in [0.2, 0.25) is 11.8 Å². The van der Waals surface area contributed by atoms with Gasteiger partial charge in [0.25, 0.3) is 5.91 Å². The second-order valence-electron chi connectivity index (χ2n) is 14.2. The van der Waals surface area contributed by atoms with Crippen molar-refractivity contribution in [1.82, 2.24) is 30.2 Å². The summed E-state index contributed by atoms with van der Waals surface area (Å²) in [5, 5.41) is 21.9. The number of benzene rings is 1. The molecule has 0 aromatic heterocycles. The van der Waals surface area contributed by atoms with Crippen molar-refractivity contribution in [2.75, 3.05) is 39.1 Å². The highest BCUT2D eigenvalue weighted by atomic mass is 32.2. The van der Waals surface area contributed by atoms with Crippen molar-refractivity contribution in [2.24, 2.45) is 0 Å². The van der Waals surface area contributed by atoms with Gasteiger partial charge < -0.3 is 40.1 Å². The smallest absolute Gasteiger partial charge is 0.352 e. The largest absolute Gasteiger partial charge is 0.480 e. The number of imide groups is 1. The summed E-state index contributed by atoms with van der Waals surface area (Å²) < 4.78 is 32.9. The number of β-lactam (4-membered cyclic amide) rings is 2. The van der Waals surface area contributed by atoms with Crippen LogP contribution >= 0.6 is 11.8 Å². The number of piperazine rings is 1. The molecule has 1 unspecified atom stereocenters. The number of thioether (sulfide) groups is 1. The number of likely N-dealkylation sites (N-methyl/N-ethyl adjacent to an activating group) is 1. The van der Waals surface area contributed by atoms with Crippen LogP contribution in [0.25, 0.3) is 0 Å². The van der Waals surface area contributed by atoms with Crippen LogP contribution in [-0.4, -0.2) is 164 Å². The van der Waals surface area contributed by atoms with E-state index in [2.05, 4.69) is 20.1 Å². The second-order valence-corrected chi connectivity index (χ2v) is 18.0. The third-order valence-electron chi connectivity index (χ3n) is 9.96. The average Bonchev–Trinajstić information content (AvgIpc) is 3.45. The maximum atomic E-state index is 13.3. The van der Waals surface area contributed by atoms with Crippen molar-refractivity contribution in [3.63, 3.8) is 0 Å². The van der Waals surface area contributed by atoms with E-state index in [1.807, 2.05) is 0 Å². The lowest BCUT2D eigenvalue weighted by atomic mass is 9.95. The van der Waals surface area contributed by atoms with Gasteiger partial charge in [-0.2, -0.15) is 0 Å². The molecule has 0 bridgehead atoms. The number of nitrogens with zero attached hydrogens (tertiary/aromatic N) is 4. The van der Waals surface area contributed by atoms with Gasteiger partial charge >= 0.3 is 41.7 Å². The first-order chi connectivity index (χ1) is 28.1. The molecule has 0 aliphatic carbocycles. The summed E-state index contributed by atoms with van der Waals surface area (Å²) in [7, 11) is -2.96. The minimum atomic E-state index is -4.01. The monoisotopic (exact) mass is 876 g/mol. The number of ether oxygens (including phenoxy) is 2. The number of fused-ring (bicyclic) bond motifs is 2. The Labute approximate surface area is 345 Å². The molecule has 0 saturated carbocycles. The molecule has 1 aromatic rings. The molecule has 5 aliphatic heterocycles. The number of carbonyl (C=O) groups is 10. The Kier molecular flexibility index (Phi) is 12.8. The number of sulfone groups is 1. The molecule has 5 atom stereocenters. The van der Waals surface area contributed by atoms with E-state index < -0.39 is 121 Å². The lowest BCUT2D eigenvalue weighted by Crippen LogP contribution is -2.71. The number of carboxylic acid groups (broad SMARTS) is 2. The quantitative estimate of drug-likeness (QED) is 0.0885. The van der Waals surface area contributed by atoms with Crippen LogP contribution in [0.15, 0.2) is 53.3 Å². The fourth-order valence-electron chi connectivity index (χ4n) is 7.13. The number of hydrogen-bond acceptors (Lipinski definition) is 15. The molecule has 6 rings (SSSR count). The number of hydrogen-bond donors (Lipinski definition) is 4. The number of nitrogens with one attached hydrogen (secondary N) is 2. The summed E-state index contributed by atoms with van der Waals surface area (Å²) in [6, 6.07) is 4.11. The van der Waals surface area contributed by atoms with Gasteiger partial charge in [0, 0.05) is 43.0 Å². The molecule has 5 heterocycles. The maximum absolute atomic E-state index is 13.3. The van der Waals surface area contributed by atoms with E-state index in [4.69, 9.17) is 0 Å². The third kappa shape index (κ3) is 8.41. The third-order valence-corrected chi connectivity index (χ3v) is 13.4. The molecule has 24 heteroatoms. The molecule has 322 valence electrons. The number of aliphatic carboxylic acids is 2. The number of rotatable bonds is 10. The minimum Gasteiger partial charge on any atom is -0.480 e. The lowest BCUT2D eigenvalue weighted by Gasteiger charge is -2.45. The zero-order chi connectivity index (χ0) is 44.6. The van der Waals surface area contributed by atoms with E-state index in [-0.39, 0.29) is 24.2 Å². The van der Waals surface area contributed by atoms with Crippen LogP contribution in [0.4, 0.5) is 4.79 Å². The van der Waals surface area contributed by atoms with Gasteiger partial charge in [-0.05, 0) is 26.3 Å². The summed E-state index contributed by atoms with van der Waals surface area (Å²) in [6.07, 6.45) is 0.720. The zero-order valence-electron chi connectivity index (χ0n) is 32.6. The summed E-state index contributed by atoms with van der Waals surface area (Å²) in [5.74, 6) is -8.97. The molecule has 60 heavy (non-hydrogen) atoms. The number of carbonyl (C=O) groups excluding carboxylic acids is 8. The van der Waals surface area contributed by atoms with Gasteiger partial charge in [-0.3, -0.25) is 38.6 Å². The number of esters is 2. The predicted molar refractivity (Wildman–Crippen MR) is 203 cm³/mol. The van der Waals surface area contributed by atoms with Crippen LogP contribution in [0.2, 0.25) is 0 Å². The van der Waals surface area contributed by atoms with Crippen molar-refractivity contribution in [1.29, 1.82) is 0 Å². The van der Waals surface area contributed by atoms with Crippen molar-refractivity contribution in [2.45, 2.75) is 61.3 Å². The lowest BCUT2D eigenvalue weighted by molar-refractivity contribution is -0.161. The van der Waals surface area contributed by atoms with E-state index in [0.29, 0.717) is 17.0 Å². The molecule has 7 amide bonds. The van der Waals surface area contributed by atoms with Crippen molar-refractivity contribution in [3.8, 4) is 0 Å². The molecule has 22 nitrogen and oxygen atoms in total. The Morgan fingerprint density at radius 3 is 2.22 bits per heavy atom. The fraction of sp³-hybridized carbons (Fsp3) is 0.444. The highest BCUT2D eigenvalue weighted by Gasteiger charge is 2.64. The molecule has 4 saturated heterocycles. The van der Waals surface area contributed by atoms with E-state index in [1.165, 1.54) is 21.6 Å². The summed E-state index contributed by atoms with van der Waals surface area (Å²) in [6.45, 7) is 6.18. The number of urea groups is 1. The van der Waals surface area contributed by atoms with Crippen LogP contribution in [0, 0.1) is 0 Å². The Balaban J connectivity index is 0.000000247. The molecule has 4 N–H and O–H groups in total. The first kappa shape index (κ1) is 44.8. The van der Waals surface area contributed by atoms with E-state index in [1.54, 1.807) is 51.1 Å². The average molecular weight is 877 g/mol. The normalized spacial score (nSPS) is 24.8. The minimum absolute atomic E-state index is 0.0200. The molecule has 5 aliphatic rings. The first-order valence-electron chi connectivity index (χ1n) is 18.0. The van der Waals surface area contributed by atoms with Crippen LogP contribution in [0.1, 0.15) is 39.3 Å². The maximum Gasteiger partial charge on any atom is 0.352 e. The topological polar surface area (TPSA) is 301 Å². The molecule has 1 aromatic carbocycles. The molecule has 4 fully saturated rings. The van der Waals surface area contributed by atoms with Crippen LogP contribution in [-0.2, 0) is 62.5 Å². The summed E-state index contributed by atoms with van der Waals surface area (Å²) in [5.41, 5.74) is -0.754. The van der Waals surface area contributed by atoms with Gasteiger partial charge in [-0.25, -0.2) is 27.6 Å². The van der Waals surface area contributed by atoms with E-state index in [0.717, 1.165) is 25.0 Å². The highest BCUT2D eigenvalue weighted by molar-refractivity contribution is 8.01. The highest BCUT2D eigenvalue weighted by Crippen LogP contribution is 2.51. The van der Waals surface area contributed by atoms with Crippen molar-refractivity contribution < 1.29 is 76.0 Å². The Morgan fingerprint density at radius 1 is 1.00 bits per heavy atom. The van der Waals surface area contributed by atoms with Gasteiger partial charge in [-0.15, -0.1) is 11.8 Å². The van der Waals surface area contributed by atoms with Crippen LogP contribution in [0.3, 0.4) is 0 Å². The molecule has 0 radical (unpaired) electrons. The Hall–Kier alpha value is -6.30. The Bertz CT molecular complexity index is 2240. The number of carboxylic acids is 2. The van der Waals surface area contributed by atoms with Crippen LogP contribution < -0.4 is 10.6 Å². The van der Waals surface area contributed by atoms with Crippen molar-refractivity contribution in [3.05, 3.63) is 58.8 Å². The molecule has 0 spiro atoms. The zero-order valence-corrected chi connectivity index (χ0v) is 34.2. The predicted octanol–water partition coefficient (Wildman–Crippen LogP) is -1.66. The van der Waals surface area contributed by atoms with Gasteiger partial charge in [-0.1, -0.05) is 30.3 Å². The first-order valence-corrected chi connectivity index (χ1v) is 20.6. The van der Waals surface area contributed by atoms with Crippen molar-refractivity contribution >= 4 is 81.0 Å². The van der Waals surface area contributed by atoms with Crippen LogP contribution in [0.5, 0.6) is 0 Å². The summed E-state index contributed by atoms with van der Waals surface area (Å²) >= 11 is 1.28.